The van der Waals surface area contributed by atoms with Crippen molar-refractivity contribution in [1.29, 1.82) is 0 Å². The zero-order valence-corrected chi connectivity index (χ0v) is 21.5. The zero-order valence-electron chi connectivity index (χ0n) is 21.5. The lowest BCUT2D eigenvalue weighted by molar-refractivity contribution is -0.127. The van der Waals surface area contributed by atoms with E-state index in [2.05, 4.69) is 36.9 Å². The van der Waals surface area contributed by atoms with Gasteiger partial charge in [-0.05, 0) is 46.0 Å². The van der Waals surface area contributed by atoms with Gasteiger partial charge >= 0.3 is 0 Å². The maximum Gasteiger partial charge on any atom is 0.223 e. The summed E-state index contributed by atoms with van der Waals surface area (Å²) in [6.07, 6.45) is 2.60. The number of carbonyl (C=O) groups excluding carboxylic acids is 1. The molecule has 2 aliphatic rings. The molecule has 10 heteroatoms. The quantitative estimate of drug-likeness (QED) is 0.605. The highest BCUT2D eigenvalue weighted by Crippen LogP contribution is 2.35. The van der Waals surface area contributed by atoms with E-state index in [0.717, 1.165) is 81.5 Å². The number of benzene rings is 1. The highest BCUT2D eigenvalue weighted by molar-refractivity contribution is 5.79. The van der Waals surface area contributed by atoms with E-state index in [4.69, 9.17) is 14.2 Å². The monoisotopic (exact) mass is 486 g/mol. The number of hydrogen-bond donors (Lipinski definition) is 1. The second kappa shape index (κ2) is 11.3. The Kier molecular flexibility index (Phi) is 8.12. The first-order valence-corrected chi connectivity index (χ1v) is 12.4. The van der Waals surface area contributed by atoms with Gasteiger partial charge in [0.05, 0.1) is 27.4 Å². The molecule has 1 aromatic heterocycles. The minimum atomic E-state index is -0.180. The minimum Gasteiger partial charge on any atom is -0.496 e. The van der Waals surface area contributed by atoms with Gasteiger partial charge in [-0.3, -0.25) is 9.69 Å². The predicted octanol–water partition coefficient (Wildman–Crippen LogP) is 1.88. The maximum atomic E-state index is 12.8. The van der Waals surface area contributed by atoms with Gasteiger partial charge in [-0.2, -0.15) is 0 Å². The van der Waals surface area contributed by atoms with Crippen molar-refractivity contribution in [2.75, 3.05) is 54.6 Å². The van der Waals surface area contributed by atoms with Crippen LogP contribution in [0.3, 0.4) is 0 Å². The summed E-state index contributed by atoms with van der Waals surface area (Å²) in [6, 6.07) is 3.67. The highest BCUT2D eigenvalue weighted by Gasteiger charge is 2.27. The first kappa shape index (κ1) is 25.2. The summed E-state index contributed by atoms with van der Waals surface area (Å²) in [6.45, 7) is 7.11. The fourth-order valence-electron chi connectivity index (χ4n) is 4.99. The fraction of sp³-hybridized carbons (Fsp3) is 0.640. The Hall–Kier alpha value is -2.85. The predicted molar refractivity (Wildman–Crippen MR) is 132 cm³/mol. The van der Waals surface area contributed by atoms with E-state index in [1.54, 1.807) is 21.3 Å². The third-order valence-electron chi connectivity index (χ3n) is 7.16. The van der Waals surface area contributed by atoms with Gasteiger partial charge in [0.15, 0.2) is 17.3 Å². The molecule has 4 rings (SSSR count). The van der Waals surface area contributed by atoms with E-state index in [0.29, 0.717) is 11.5 Å². The first-order chi connectivity index (χ1) is 16.9. The number of aromatic nitrogens is 3. The molecule has 1 atom stereocenters. The number of nitrogens with one attached hydrogen (secondary N) is 1. The van der Waals surface area contributed by atoms with Crippen LogP contribution in [0.2, 0.25) is 0 Å². The van der Waals surface area contributed by atoms with E-state index in [1.165, 1.54) is 0 Å². The van der Waals surface area contributed by atoms with Gasteiger partial charge in [-0.15, -0.1) is 10.2 Å². The number of carbonyl (C=O) groups is 1. The number of fused-ring (bicyclic) bond motifs is 1. The molecule has 1 aromatic carbocycles. The molecule has 0 spiro atoms. The third kappa shape index (κ3) is 5.70. The Labute approximate surface area is 207 Å². The molecule has 0 saturated carbocycles. The van der Waals surface area contributed by atoms with Crippen molar-refractivity contribution in [1.82, 2.24) is 29.9 Å². The summed E-state index contributed by atoms with van der Waals surface area (Å²) in [5.41, 5.74) is 1.04. The van der Waals surface area contributed by atoms with Gasteiger partial charge in [0.1, 0.15) is 11.6 Å². The van der Waals surface area contributed by atoms with Gasteiger partial charge in [0, 0.05) is 50.1 Å². The molecule has 1 saturated heterocycles. The van der Waals surface area contributed by atoms with Crippen LogP contribution in [0, 0.1) is 5.92 Å². The molecule has 1 N–H and O–H groups in total. The summed E-state index contributed by atoms with van der Waals surface area (Å²) in [5.74, 6) is 4.10. The van der Waals surface area contributed by atoms with Crippen LogP contribution in [0.4, 0.5) is 0 Å². The number of rotatable bonds is 8. The average molecular weight is 487 g/mol. The smallest absolute Gasteiger partial charge is 0.223 e. The van der Waals surface area contributed by atoms with Crippen LogP contribution in [-0.2, 0) is 24.3 Å². The van der Waals surface area contributed by atoms with Gasteiger partial charge in [-0.1, -0.05) is 0 Å². The molecule has 1 amide bonds. The van der Waals surface area contributed by atoms with E-state index in [1.807, 2.05) is 19.1 Å². The van der Waals surface area contributed by atoms with E-state index < -0.39 is 0 Å². The second-order valence-electron chi connectivity index (χ2n) is 9.48. The Balaban J connectivity index is 1.41. The summed E-state index contributed by atoms with van der Waals surface area (Å²) >= 11 is 0. The summed E-state index contributed by atoms with van der Waals surface area (Å²) < 4.78 is 18.7. The molecule has 2 aromatic rings. The first-order valence-electron chi connectivity index (χ1n) is 12.4. The van der Waals surface area contributed by atoms with Gasteiger partial charge in [0.25, 0.3) is 0 Å². The normalized spacial score (nSPS) is 18.4. The lowest BCUT2D eigenvalue weighted by atomic mass is 9.96. The molecular formula is C25H38N6O4. The van der Waals surface area contributed by atoms with Crippen LogP contribution in [-0.4, -0.2) is 85.0 Å². The van der Waals surface area contributed by atoms with E-state index >= 15 is 0 Å². The fourth-order valence-corrected chi connectivity index (χ4v) is 4.99. The Morgan fingerprint density at radius 2 is 1.69 bits per heavy atom. The summed E-state index contributed by atoms with van der Waals surface area (Å²) in [4.78, 5) is 17.5. The van der Waals surface area contributed by atoms with Crippen molar-refractivity contribution < 1.29 is 19.0 Å². The van der Waals surface area contributed by atoms with Crippen LogP contribution in [0.25, 0.3) is 0 Å². The van der Waals surface area contributed by atoms with Gasteiger partial charge in [-0.25, -0.2) is 0 Å². The lowest BCUT2D eigenvalue weighted by Crippen LogP contribution is -2.40. The minimum absolute atomic E-state index is 0.0761. The standard InChI is InChI=1S/C25H38N6O4/c1-17(26-25(32)18-6-9-29(2)10-7-18)24-28-27-23-8-11-30(12-13-31(23)24)16-19-14-21(34-4)22(35-5)15-20(19)33-3/h14-15,17-18H,6-13,16H2,1-5H3,(H,26,32)/t17-/m1/s1. The van der Waals surface area contributed by atoms with Crippen LogP contribution >= 0.6 is 0 Å². The SMILES string of the molecule is COc1cc(OC)c(OC)cc1CN1CCc2nnc([C@@H](C)NC(=O)C3CCN(C)CC3)n2CC1. The topological polar surface area (TPSA) is 94.0 Å². The molecule has 10 nitrogen and oxygen atoms in total. The summed E-state index contributed by atoms with van der Waals surface area (Å²) in [5, 5.41) is 12.1. The van der Waals surface area contributed by atoms with E-state index in [-0.39, 0.29) is 17.9 Å². The van der Waals surface area contributed by atoms with Crippen molar-refractivity contribution in [3.63, 3.8) is 0 Å². The number of hydrogen-bond acceptors (Lipinski definition) is 8. The molecule has 192 valence electrons. The Morgan fingerprint density at radius 3 is 2.37 bits per heavy atom. The third-order valence-corrected chi connectivity index (χ3v) is 7.16. The maximum absolute atomic E-state index is 12.8. The summed E-state index contributed by atoms with van der Waals surface area (Å²) in [7, 11) is 7.03. The molecule has 2 aliphatic heterocycles. The number of amides is 1. The molecule has 3 heterocycles. The number of likely N-dealkylation sites (tertiary alicyclic amines) is 1. The van der Waals surface area contributed by atoms with Gasteiger partial charge < -0.3 is 29.0 Å². The van der Waals surface area contributed by atoms with Crippen LogP contribution in [0.1, 0.15) is 43.0 Å². The van der Waals surface area contributed by atoms with Crippen molar-refractivity contribution in [3.8, 4) is 17.2 Å². The molecule has 0 aliphatic carbocycles. The van der Waals surface area contributed by atoms with Crippen molar-refractivity contribution in [2.45, 2.75) is 45.3 Å². The molecule has 0 unspecified atom stereocenters. The Morgan fingerprint density at radius 1 is 1.00 bits per heavy atom. The van der Waals surface area contributed by atoms with Crippen LogP contribution < -0.4 is 19.5 Å². The van der Waals surface area contributed by atoms with Crippen LogP contribution in [0.5, 0.6) is 17.2 Å². The number of nitrogens with zero attached hydrogens (tertiary/aromatic N) is 5. The number of methoxy groups -OCH3 is 3. The molecule has 0 radical (unpaired) electrons. The highest BCUT2D eigenvalue weighted by atomic mass is 16.5. The molecular weight excluding hydrogens is 448 g/mol. The van der Waals surface area contributed by atoms with Crippen molar-refractivity contribution in [2.24, 2.45) is 5.92 Å². The van der Waals surface area contributed by atoms with Crippen molar-refractivity contribution >= 4 is 5.91 Å². The average Bonchev–Trinajstić information content (AvgIpc) is 3.18. The zero-order chi connectivity index (χ0) is 24.9. The molecule has 1 fully saturated rings. The largest absolute Gasteiger partial charge is 0.496 e. The number of piperidine rings is 1. The lowest BCUT2D eigenvalue weighted by Gasteiger charge is -2.29. The van der Waals surface area contributed by atoms with E-state index in [9.17, 15) is 4.79 Å². The number of ether oxygens (including phenoxy) is 3. The molecule has 35 heavy (non-hydrogen) atoms. The molecule has 0 bridgehead atoms. The van der Waals surface area contributed by atoms with Crippen molar-refractivity contribution in [3.05, 3.63) is 29.3 Å². The van der Waals surface area contributed by atoms with Crippen LogP contribution in [0.15, 0.2) is 12.1 Å². The van der Waals surface area contributed by atoms with Gasteiger partial charge in [0.2, 0.25) is 5.91 Å². The second-order valence-corrected chi connectivity index (χ2v) is 9.48. The Bertz CT molecular complexity index is 1020.